The molecule has 6 nitrogen and oxygen atoms in total. The summed E-state index contributed by atoms with van der Waals surface area (Å²) in [6.07, 6.45) is 2.03. The number of carbonyl (C=O) groups is 1. The number of fused-ring (bicyclic) bond motifs is 1. The molecule has 0 spiro atoms. The molecule has 0 saturated carbocycles. The SMILES string of the molecule is O=C(O)COCc1nnc2n1CCC2. The summed E-state index contributed by atoms with van der Waals surface area (Å²) >= 11 is 0. The van der Waals surface area contributed by atoms with E-state index in [2.05, 4.69) is 10.2 Å². The van der Waals surface area contributed by atoms with Crippen LogP contribution in [0.3, 0.4) is 0 Å². The lowest BCUT2D eigenvalue weighted by Gasteiger charge is -2.01. The highest BCUT2D eigenvalue weighted by Crippen LogP contribution is 2.14. The topological polar surface area (TPSA) is 77.2 Å². The highest BCUT2D eigenvalue weighted by Gasteiger charge is 2.16. The Kier molecular flexibility index (Phi) is 2.45. The molecule has 0 unspecified atom stereocenters. The van der Waals surface area contributed by atoms with Crippen molar-refractivity contribution in [1.82, 2.24) is 14.8 Å². The maximum atomic E-state index is 10.2. The van der Waals surface area contributed by atoms with Gasteiger partial charge in [-0.05, 0) is 6.42 Å². The summed E-state index contributed by atoms with van der Waals surface area (Å²) in [5, 5.41) is 16.3. The van der Waals surface area contributed by atoms with E-state index in [1.807, 2.05) is 4.57 Å². The molecule has 76 valence electrons. The molecule has 1 aliphatic heterocycles. The molecule has 2 heterocycles. The first-order valence-corrected chi connectivity index (χ1v) is 4.48. The van der Waals surface area contributed by atoms with Gasteiger partial charge in [0.05, 0.1) is 0 Å². The van der Waals surface area contributed by atoms with E-state index in [1.165, 1.54) is 0 Å². The molecule has 0 saturated heterocycles. The van der Waals surface area contributed by atoms with Crippen molar-refractivity contribution in [2.75, 3.05) is 6.61 Å². The number of rotatable bonds is 4. The van der Waals surface area contributed by atoms with Crippen LogP contribution in [0, 0.1) is 0 Å². The lowest BCUT2D eigenvalue weighted by atomic mass is 10.4. The van der Waals surface area contributed by atoms with E-state index in [1.54, 1.807) is 0 Å². The Morgan fingerprint density at radius 2 is 2.43 bits per heavy atom. The summed E-state index contributed by atoms with van der Waals surface area (Å²) in [6.45, 7) is 0.843. The van der Waals surface area contributed by atoms with Gasteiger partial charge in [-0.1, -0.05) is 0 Å². The van der Waals surface area contributed by atoms with Crippen LogP contribution in [0.1, 0.15) is 18.1 Å². The van der Waals surface area contributed by atoms with Gasteiger partial charge in [0.1, 0.15) is 19.0 Å². The molecule has 0 radical (unpaired) electrons. The number of carboxylic acid groups (broad SMARTS) is 1. The fraction of sp³-hybridized carbons (Fsp3) is 0.625. The van der Waals surface area contributed by atoms with Crippen molar-refractivity contribution in [2.24, 2.45) is 0 Å². The Bertz CT molecular complexity index is 348. The first-order valence-electron chi connectivity index (χ1n) is 4.48. The van der Waals surface area contributed by atoms with Crippen molar-refractivity contribution in [3.63, 3.8) is 0 Å². The van der Waals surface area contributed by atoms with Gasteiger partial charge in [0.2, 0.25) is 0 Å². The van der Waals surface area contributed by atoms with Crippen molar-refractivity contribution < 1.29 is 14.6 Å². The van der Waals surface area contributed by atoms with E-state index in [0.29, 0.717) is 0 Å². The van der Waals surface area contributed by atoms with Crippen molar-refractivity contribution in [1.29, 1.82) is 0 Å². The van der Waals surface area contributed by atoms with Crippen LogP contribution in [0.5, 0.6) is 0 Å². The predicted octanol–water partition coefficient (Wildman–Crippen LogP) is -0.175. The van der Waals surface area contributed by atoms with Crippen LogP contribution >= 0.6 is 0 Å². The van der Waals surface area contributed by atoms with Gasteiger partial charge in [-0.25, -0.2) is 4.79 Å². The molecule has 1 aromatic heterocycles. The Hall–Kier alpha value is -1.43. The maximum absolute atomic E-state index is 10.2. The van der Waals surface area contributed by atoms with Crippen LogP contribution in [0.2, 0.25) is 0 Å². The third-order valence-corrected chi connectivity index (χ3v) is 2.14. The minimum atomic E-state index is -0.967. The number of ether oxygens (including phenoxy) is 1. The Labute approximate surface area is 80.5 Å². The molecule has 6 heteroatoms. The van der Waals surface area contributed by atoms with Crippen LogP contribution in [0.4, 0.5) is 0 Å². The maximum Gasteiger partial charge on any atom is 0.329 e. The largest absolute Gasteiger partial charge is 0.480 e. The Morgan fingerprint density at radius 1 is 1.57 bits per heavy atom. The van der Waals surface area contributed by atoms with Crippen molar-refractivity contribution in [3.05, 3.63) is 11.6 Å². The quantitative estimate of drug-likeness (QED) is 0.724. The zero-order chi connectivity index (χ0) is 9.97. The molecular weight excluding hydrogens is 186 g/mol. The Morgan fingerprint density at radius 3 is 3.21 bits per heavy atom. The average Bonchev–Trinajstić information content (AvgIpc) is 2.67. The molecule has 0 aromatic carbocycles. The monoisotopic (exact) mass is 197 g/mol. The lowest BCUT2D eigenvalue weighted by Crippen LogP contribution is -2.09. The Balaban J connectivity index is 1.93. The number of aliphatic carboxylic acids is 1. The molecule has 0 aliphatic carbocycles. The van der Waals surface area contributed by atoms with Crippen LogP contribution < -0.4 is 0 Å². The van der Waals surface area contributed by atoms with E-state index >= 15 is 0 Å². The predicted molar refractivity (Wildman–Crippen MR) is 45.6 cm³/mol. The summed E-state index contributed by atoms with van der Waals surface area (Å²) < 4.78 is 6.93. The molecule has 0 fully saturated rings. The lowest BCUT2D eigenvalue weighted by molar-refractivity contribution is -0.142. The fourth-order valence-corrected chi connectivity index (χ4v) is 1.55. The molecule has 0 atom stereocenters. The minimum absolute atomic E-state index is 0.222. The third kappa shape index (κ3) is 1.74. The molecule has 14 heavy (non-hydrogen) atoms. The second kappa shape index (κ2) is 3.75. The van der Waals surface area contributed by atoms with Gasteiger partial charge in [0.25, 0.3) is 0 Å². The smallest absolute Gasteiger partial charge is 0.329 e. The molecule has 2 rings (SSSR count). The van der Waals surface area contributed by atoms with E-state index in [4.69, 9.17) is 9.84 Å². The van der Waals surface area contributed by atoms with E-state index in [9.17, 15) is 4.79 Å². The molecule has 1 N–H and O–H groups in total. The van der Waals surface area contributed by atoms with Crippen molar-refractivity contribution in [2.45, 2.75) is 26.0 Å². The van der Waals surface area contributed by atoms with Gasteiger partial charge in [0.15, 0.2) is 5.82 Å². The summed E-state index contributed by atoms with van der Waals surface area (Å²) in [5.74, 6) is 0.726. The zero-order valence-corrected chi connectivity index (χ0v) is 7.64. The van der Waals surface area contributed by atoms with Gasteiger partial charge in [-0.15, -0.1) is 10.2 Å². The highest BCUT2D eigenvalue weighted by molar-refractivity contribution is 5.67. The van der Waals surface area contributed by atoms with Gasteiger partial charge < -0.3 is 14.4 Å². The van der Waals surface area contributed by atoms with E-state index < -0.39 is 5.97 Å². The number of carboxylic acids is 1. The van der Waals surface area contributed by atoms with Crippen LogP contribution in [0.25, 0.3) is 0 Å². The first kappa shape index (κ1) is 9.14. The van der Waals surface area contributed by atoms with Crippen LogP contribution in [-0.2, 0) is 29.1 Å². The number of hydrogen-bond donors (Lipinski definition) is 1. The molecule has 0 amide bonds. The molecular formula is C8H11N3O3. The van der Waals surface area contributed by atoms with Gasteiger partial charge in [0, 0.05) is 13.0 Å². The summed E-state index contributed by atoms with van der Waals surface area (Å²) in [7, 11) is 0. The normalized spacial score (nSPS) is 14.3. The number of aryl methyl sites for hydroxylation is 1. The third-order valence-electron chi connectivity index (χ3n) is 2.14. The van der Waals surface area contributed by atoms with Gasteiger partial charge >= 0.3 is 5.97 Å². The number of aromatic nitrogens is 3. The molecule has 1 aliphatic rings. The fourth-order valence-electron chi connectivity index (χ4n) is 1.55. The second-order valence-corrected chi connectivity index (χ2v) is 3.17. The highest BCUT2D eigenvalue weighted by atomic mass is 16.5. The molecule has 0 bridgehead atoms. The zero-order valence-electron chi connectivity index (χ0n) is 7.64. The molecule has 1 aromatic rings. The van der Waals surface area contributed by atoms with Crippen LogP contribution in [-0.4, -0.2) is 32.4 Å². The van der Waals surface area contributed by atoms with Crippen molar-refractivity contribution >= 4 is 5.97 Å². The average molecular weight is 197 g/mol. The number of nitrogens with zero attached hydrogens (tertiary/aromatic N) is 3. The van der Waals surface area contributed by atoms with Crippen LogP contribution in [0.15, 0.2) is 0 Å². The van der Waals surface area contributed by atoms with E-state index in [0.717, 1.165) is 31.0 Å². The van der Waals surface area contributed by atoms with Gasteiger partial charge in [-0.3, -0.25) is 0 Å². The summed E-state index contributed by atoms with van der Waals surface area (Å²) in [6, 6.07) is 0. The first-order chi connectivity index (χ1) is 6.77. The minimum Gasteiger partial charge on any atom is -0.480 e. The summed E-state index contributed by atoms with van der Waals surface area (Å²) in [4.78, 5) is 10.2. The van der Waals surface area contributed by atoms with E-state index in [-0.39, 0.29) is 13.2 Å². The van der Waals surface area contributed by atoms with Crippen molar-refractivity contribution in [3.8, 4) is 0 Å². The number of hydrogen-bond acceptors (Lipinski definition) is 4. The summed E-state index contributed by atoms with van der Waals surface area (Å²) in [5.41, 5.74) is 0. The standard InChI is InChI=1S/C8H11N3O3/c12-8(13)5-14-4-7-10-9-6-2-1-3-11(6)7/h1-5H2,(H,12,13). The van der Waals surface area contributed by atoms with Gasteiger partial charge in [-0.2, -0.15) is 0 Å². The second-order valence-electron chi connectivity index (χ2n) is 3.17.